The van der Waals surface area contributed by atoms with Crippen molar-refractivity contribution in [3.8, 4) is 0 Å². The topological polar surface area (TPSA) is 29.3 Å². The van der Waals surface area contributed by atoms with E-state index < -0.39 is 0 Å². The molecule has 2 nitrogen and oxygen atoms in total. The summed E-state index contributed by atoms with van der Waals surface area (Å²) in [6.45, 7) is 6.12. The van der Waals surface area contributed by atoms with Crippen LogP contribution in [0.15, 0.2) is 30.3 Å². The van der Waals surface area contributed by atoms with E-state index in [-0.39, 0.29) is 23.6 Å². The molecule has 1 atom stereocenters. The van der Waals surface area contributed by atoms with Gasteiger partial charge < -0.3 is 5.73 Å². The molecular weight excluding hydrogens is 263 g/mol. The molecule has 1 aromatic rings. The Morgan fingerprint density at radius 3 is 2.63 bits per heavy atom. The fraction of sp³-hybridized carbons (Fsp3) is 0.467. The van der Waals surface area contributed by atoms with Crippen LogP contribution in [0.1, 0.15) is 18.9 Å². The Balaban J connectivity index is 0.00000180. The van der Waals surface area contributed by atoms with Gasteiger partial charge >= 0.3 is 0 Å². The van der Waals surface area contributed by atoms with Crippen LogP contribution in [0, 0.1) is 11.2 Å². The van der Waals surface area contributed by atoms with Crippen molar-refractivity contribution >= 4 is 18.5 Å². The van der Waals surface area contributed by atoms with Gasteiger partial charge in [-0.1, -0.05) is 31.2 Å². The second kappa shape index (κ2) is 7.04. The van der Waals surface area contributed by atoms with Gasteiger partial charge in [0, 0.05) is 13.1 Å². The highest BCUT2D eigenvalue weighted by Crippen LogP contribution is 2.28. The molecule has 1 unspecified atom stereocenters. The van der Waals surface area contributed by atoms with Gasteiger partial charge in [-0.3, -0.25) is 4.90 Å². The fourth-order valence-corrected chi connectivity index (χ4v) is 2.36. The third kappa shape index (κ3) is 4.60. The lowest BCUT2D eigenvalue weighted by atomic mass is 9.90. The minimum atomic E-state index is -0.189. The maximum absolute atomic E-state index is 12.7. The smallest absolute Gasteiger partial charge is 0.123 e. The molecule has 0 radical (unpaired) electrons. The molecule has 19 heavy (non-hydrogen) atoms. The van der Waals surface area contributed by atoms with Crippen LogP contribution in [-0.4, -0.2) is 31.1 Å². The van der Waals surface area contributed by atoms with Gasteiger partial charge in [-0.15, -0.1) is 12.4 Å². The Kier molecular flexibility index (Phi) is 5.98. The highest BCUT2D eigenvalue weighted by molar-refractivity contribution is 5.85. The van der Waals surface area contributed by atoms with E-state index in [0.717, 1.165) is 31.7 Å². The standard InChI is InChI=1S/C15H21FN2.ClH/c1-15(11-17)8-10-18(12-15)9-2-3-13-4-6-14(16)7-5-13;/h2-7H,8-12,17H2,1H3;1H/b3-2+;. The maximum atomic E-state index is 12.7. The Bertz CT molecular complexity index is 419. The number of halogens is 2. The van der Waals surface area contributed by atoms with Crippen LogP contribution < -0.4 is 5.73 Å². The second-order valence-electron chi connectivity index (χ2n) is 5.45. The van der Waals surface area contributed by atoms with Gasteiger partial charge in [-0.25, -0.2) is 4.39 Å². The summed E-state index contributed by atoms with van der Waals surface area (Å²) in [5.41, 5.74) is 7.10. The van der Waals surface area contributed by atoms with Crippen molar-refractivity contribution in [3.63, 3.8) is 0 Å². The van der Waals surface area contributed by atoms with Crippen molar-refractivity contribution < 1.29 is 4.39 Å². The Morgan fingerprint density at radius 1 is 1.37 bits per heavy atom. The van der Waals surface area contributed by atoms with Gasteiger partial charge in [-0.2, -0.15) is 0 Å². The van der Waals surface area contributed by atoms with Crippen LogP contribution in [-0.2, 0) is 0 Å². The molecule has 1 aromatic carbocycles. The van der Waals surface area contributed by atoms with Crippen LogP contribution in [0.3, 0.4) is 0 Å². The molecule has 0 spiro atoms. The Morgan fingerprint density at radius 2 is 2.05 bits per heavy atom. The maximum Gasteiger partial charge on any atom is 0.123 e. The lowest BCUT2D eigenvalue weighted by molar-refractivity contribution is 0.300. The Labute approximate surface area is 120 Å². The van der Waals surface area contributed by atoms with E-state index in [0.29, 0.717) is 0 Å². The largest absolute Gasteiger partial charge is 0.330 e. The Hall–Kier alpha value is -0.900. The zero-order valence-electron chi connectivity index (χ0n) is 11.3. The molecule has 2 rings (SSSR count). The van der Waals surface area contributed by atoms with Crippen LogP contribution in [0.4, 0.5) is 4.39 Å². The van der Waals surface area contributed by atoms with Crippen molar-refractivity contribution in [1.82, 2.24) is 4.90 Å². The first kappa shape index (κ1) is 16.2. The first-order chi connectivity index (χ1) is 8.61. The van der Waals surface area contributed by atoms with Crippen LogP contribution >= 0.6 is 12.4 Å². The number of likely N-dealkylation sites (tertiary alicyclic amines) is 1. The summed E-state index contributed by atoms with van der Waals surface area (Å²) in [5, 5.41) is 0. The molecule has 2 N–H and O–H groups in total. The molecule has 0 aromatic heterocycles. The number of benzene rings is 1. The average Bonchev–Trinajstić information content (AvgIpc) is 2.75. The molecule has 0 amide bonds. The van der Waals surface area contributed by atoms with E-state index in [1.807, 2.05) is 6.08 Å². The molecule has 1 aliphatic rings. The first-order valence-electron chi connectivity index (χ1n) is 6.46. The van der Waals surface area contributed by atoms with E-state index in [1.54, 1.807) is 12.1 Å². The zero-order chi connectivity index (χ0) is 13.0. The van der Waals surface area contributed by atoms with Crippen molar-refractivity contribution in [2.75, 3.05) is 26.2 Å². The quantitative estimate of drug-likeness (QED) is 0.921. The number of hydrogen-bond donors (Lipinski definition) is 1. The third-order valence-electron chi connectivity index (χ3n) is 3.67. The first-order valence-corrected chi connectivity index (χ1v) is 6.46. The lowest BCUT2D eigenvalue weighted by Crippen LogP contribution is -2.31. The summed E-state index contributed by atoms with van der Waals surface area (Å²) in [4.78, 5) is 2.41. The molecule has 1 fully saturated rings. The number of nitrogens with zero attached hydrogens (tertiary/aromatic N) is 1. The van der Waals surface area contributed by atoms with Crippen LogP contribution in [0.5, 0.6) is 0 Å². The highest BCUT2D eigenvalue weighted by atomic mass is 35.5. The van der Waals surface area contributed by atoms with Gasteiger partial charge in [0.25, 0.3) is 0 Å². The van der Waals surface area contributed by atoms with Gasteiger partial charge in [0.15, 0.2) is 0 Å². The minimum absolute atomic E-state index is 0. The minimum Gasteiger partial charge on any atom is -0.330 e. The molecule has 0 saturated carbocycles. The SMILES string of the molecule is CC1(CN)CCN(C/C=C/c2ccc(F)cc2)C1.Cl. The summed E-state index contributed by atoms with van der Waals surface area (Å²) < 4.78 is 12.7. The summed E-state index contributed by atoms with van der Waals surface area (Å²) in [7, 11) is 0. The normalized spacial score (nSPS) is 23.7. The summed E-state index contributed by atoms with van der Waals surface area (Å²) in [6.07, 6.45) is 5.35. The predicted molar refractivity (Wildman–Crippen MR) is 80.9 cm³/mol. The zero-order valence-corrected chi connectivity index (χ0v) is 12.1. The average molecular weight is 285 g/mol. The van der Waals surface area contributed by atoms with E-state index in [4.69, 9.17) is 5.73 Å². The molecule has 1 aliphatic heterocycles. The van der Waals surface area contributed by atoms with Gasteiger partial charge in [0.2, 0.25) is 0 Å². The van der Waals surface area contributed by atoms with E-state index in [9.17, 15) is 4.39 Å². The lowest BCUT2D eigenvalue weighted by Gasteiger charge is -2.21. The summed E-state index contributed by atoms with van der Waals surface area (Å²) in [6, 6.07) is 6.56. The van der Waals surface area contributed by atoms with Crippen molar-refractivity contribution in [3.05, 3.63) is 41.7 Å². The molecule has 1 heterocycles. The summed E-state index contributed by atoms with van der Waals surface area (Å²) >= 11 is 0. The van der Waals surface area contributed by atoms with Crippen molar-refractivity contribution in [2.24, 2.45) is 11.1 Å². The molecule has 4 heteroatoms. The van der Waals surface area contributed by atoms with Crippen molar-refractivity contribution in [2.45, 2.75) is 13.3 Å². The van der Waals surface area contributed by atoms with E-state index in [2.05, 4.69) is 17.9 Å². The molecule has 0 bridgehead atoms. The predicted octanol–water partition coefficient (Wildman–Crippen LogP) is 2.93. The van der Waals surface area contributed by atoms with Crippen LogP contribution in [0.2, 0.25) is 0 Å². The van der Waals surface area contributed by atoms with Crippen LogP contribution in [0.25, 0.3) is 6.08 Å². The van der Waals surface area contributed by atoms with Crippen molar-refractivity contribution in [1.29, 1.82) is 0 Å². The number of nitrogens with two attached hydrogens (primary N) is 1. The monoisotopic (exact) mass is 284 g/mol. The molecule has 1 saturated heterocycles. The van der Waals surface area contributed by atoms with E-state index in [1.165, 1.54) is 18.6 Å². The third-order valence-corrected chi connectivity index (χ3v) is 3.67. The number of hydrogen-bond acceptors (Lipinski definition) is 2. The molecular formula is C15H22ClFN2. The van der Waals surface area contributed by atoms with E-state index >= 15 is 0 Å². The molecule has 106 valence electrons. The summed E-state index contributed by atoms with van der Waals surface area (Å²) in [5.74, 6) is -0.189. The van der Waals surface area contributed by atoms with Gasteiger partial charge in [0.1, 0.15) is 5.82 Å². The number of rotatable bonds is 4. The van der Waals surface area contributed by atoms with Gasteiger partial charge in [-0.05, 0) is 42.6 Å². The van der Waals surface area contributed by atoms with Gasteiger partial charge in [0.05, 0.1) is 0 Å². The molecule has 0 aliphatic carbocycles. The fourth-order valence-electron chi connectivity index (χ4n) is 2.36. The highest BCUT2D eigenvalue weighted by Gasteiger charge is 2.31. The second-order valence-corrected chi connectivity index (χ2v) is 5.45.